The number of likely N-dealkylation sites (N-methyl/N-ethyl adjacent to an activating group) is 1. The highest BCUT2D eigenvalue weighted by Crippen LogP contribution is 2.22. The van der Waals surface area contributed by atoms with Crippen LogP contribution >= 0.6 is 0 Å². The Balaban J connectivity index is 2.86. The molecule has 0 aliphatic rings. The van der Waals surface area contributed by atoms with Crippen LogP contribution in [0.15, 0.2) is 29.2 Å². The number of hydrogen-bond acceptors (Lipinski definition) is 3. The van der Waals surface area contributed by atoms with Gasteiger partial charge in [0.25, 0.3) is 0 Å². The molecular weight excluding hydrogens is 284 g/mol. The van der Waals surface area contributed by atoms with Gasteiger partial charge in [-0.3, -0.25) is 0 Å². The second kappa shape index (κ2) is 8.51. The molecule has 0 fully saturated rings. The van der Waals surface area contributed by atoms with E-state index in [1.165, 1.54) is 0 Å². The van der Waals surface area contributed by atoms with Crippen LogP contribution in [0.3, 0.4) is 0 Å². The minimum absolute atomic E-state index is 0.336. The molecule has 1 aromatic rings. The molecule has 0 spiro atoms. The Labute approximate surface area is 129 Å². The Morgan fingerprint density at radius 1 is 1.10 bits per heavy atom. The summed E-state index contributed by atoms with van der Waals surface area (Å²) in [5.41, 5.74) is 1.16. The summed E-state index contributed by atoms with van der Waals surface area (Å²) in [7, 11) is -3.37. The van der Waals surface area contributed by atoms with Crippen LogP contribution in [0.4, 0.5) is 0 Å². The van der Waals surface area contributed by atoms with Gasteiger partial charge in [-0.25, -0.2) is 13.1 Å². The van der Waals surface area contributed by atoms with E-state index in [0.29, 0.717) is 23.4 Å². The maximum atomic E-state index is 12.0. The average Bonchev–Trinajstić information content (AvgIpc) is 2.50. The largest absolute Gasteiger partial charge is 0.314 e. The Kier molecular flexibility index (Phi) is 7.35. The summed E-state index contributed by atoms with van der Waals surface area (Å²) >= 11 is 0. The third kappa shape index (κ3) is 5.09. The third-order valence-corrected chi connectivity index (χ3v) is 5.24. The van der Waals surface area contributed by atoms with Gasteiger partial charge in [-0.15, -0.1) is 0 Å². The fourth-order valence-corrected chi connectivity index (χ4v) is 3.57. The molecule has 1 aromatic carbocycles. The third-order valence-electron chi connectivity index (χ3n) is 3.77. The number of hydrogen-bond donors (Lipinski definition) is 2. The Morgan fingerprint density at radius 3 is 2.19 bits per heavy atom. The molecule has 21 heavy (non-hydrogen) atoms. The summed E-state index contributed by atoms with van der Waals surface area (Å²) in [4.78, 5) is 0.336. The van der Waals surface area contributed by atoms with Gasteiger partial charge in [0.1, 0.15) is 0 Å². The van der Waals surface area contributed by atoms with E-state index in [2.05, 4.69) is 30.8 Å². The van der Waals surface area contributed by atoms with E-state index in [0.717, 1.165) is 24.9 Å². The van der Waals surface area contributed by atoms with Crippen molar-refractivity contribution in [3.8, 4) is 0 Å². The average molecular weight is 312 g/mol. The van der Waals surface area contributed by atoms with E-state index >= 15 is 0 Å². The minimum atomic E-state index is -3.37. The molecule has 0 heterocycles. The molecule has 2 N–H and O–H groups in total. The van der Waals surface area contributed by atoms with Crippen LogP contribution in [0.5, 0.6) is 0 Å². The van der Waals surface area contributed by atoms with Crippen molar-refractivity contribution in [2.45, 2.75) is 57.4 Å². The van der Waals surface area contributed by atoms with Gasteiger partial charge in [-0.2, -0.15) is 0 Å². The van der Waals surface area contributed by atoms with Crippen LogP contribution in [0, 0.1) is 0 Å². The van der Waals surface area contributed by atoms with E-state index in [1.807, 2.05) is 19.1 Å². The molecule has 0 amide bonds. The quantitative estimate of drug-likeness (QED) is 0.737. The van der Waals surface area contributed by atoms with E-state index in [-0.39, 0.29) is 0 Å². The molecule has 120 valence electrons. The molecule has 0 saturated carbocycles. The zero-order valence-corrected chi connectivity index (χ0v) is 14.3. The lowest BCUT2D eigenvalue weighted by atomic mass is 9.92. The molecule has 2 atom stereocenters. The van der Waals surface area contributed by atoms with Crippen LogP contribution in [-0.4, -0.2) is 27.5 Å². The van der Waals surface area contributed by atoms with Crippen molar-refractivity contribution in [3.63, 3.8) is 0 Å². The van der Waals surface area contributed by atoms with E-state index in [4.69, 9.17) is 0 Å². The van der Waals surface area contributed by atoms with Crippen molar-refractivity contribution in [2.75, 3.05) is 13.1 Å². The first-order chi connectivity index (χ1) is 9.96. The highest BCUT2D eigenvalue weighted by molar-refractivity contribution is 7.89. The van der Waals surface area contributed by atoms with Gasteiger partial charge in [0.15, 0.2) is 0 Å². The lowest BCUT2D eigenvalue weighted by Gasteiger charge is -2.24. The maximum Gasteiger partial charge on any atom is 0.240 e. The molecule has 0 aromatic heterocycles. The number of benzene rings is 1. The van der Waals surface area contributed by atoms with Crippen LogP contribution in [0.25, 0.3) is 0 Å². The first-order valence-electron chi connectivity index (χ1n) is 7.79. The van der Waals surface area contributed by atoms with Gasteiger partial charge in [-0.1, -0.05) is 39.8 Å². The van der Waals surface area contributed by atoms with Crippen LogP contribution in [0.1, 0.15) is 52.0 Å². The van der Waals surface area contributed by atoms with E-state index in [1.54, 1.807) is 12.1 Å². The predicted octanol–water partition coefficient (Wildman–Crippen LogP) is 2.87. The smallest absolute Gasteiger partial charge is 0.240 e. The zero-order valence-electron chi connectivity index (χ0n) is 13.5. The number of sulfonamides is 1. The summed E-state index contributed by atoms with van der Waals surface area (Å²) in [5.74, 6) is 0.357. The lowest BCUT2D eigenvalue weighted by Crippen LogP contribution is -2.33. The summed E-state index contributed by atoms with van der Waals surface area (Å²) in [6.07, 6.45) is 1.84. The fraction of sp³-hybridized carbons (Fsp3) is 0.625. The van der Waals surface area contributed by atoms with Gasteiger partial charge >= 0.3 is 0 Å². The zero-order chi connectivity index (χ0) is 15.9. The van der Waals surface area contributed by atoms with Crippen LogP contribution in [-0.2, 0) is 10.0 Å². The summed E-state index contributed by atoms with van der Waals surface area (Å²) in [6.45, 7) is 9.80. The second-order valence-corrected chi connectivity index (χ2v) is 7.09. The van der Waals surface area contributed by atoms with Crippen molar-refractivity contribution < 1.29 is 8.42 Å². The van der Waals surface area contributed by atoms with Gasteiger partial charge < -0.3 is 5.32 Å². The molecular formula is C16H28N2O2S. The van der Waals surface area contributed by atoms with Crippen molar-refractivity contribution in [1.29, 1.82) is 0 Å². The second-order valence-electron chi connectivity index (χ2n) is 5.33. The molecule has 0 bridgehead atoms. The molecule has 5 heteroatoms. The van der Waals surface area contributed by atoms with Crippen LogP contribution in [0.2, 0.25) is 0 Å². The van der Waals surface area contributed by atoms with Gasteiger partial charge in [-0.05, 0) is 43.0 Å². The molecule has 0 saturated heterocycles. The first-order valence-corrected chi connectivity index (χ1v) is 9.27. The Hall–Kier alpha value is -0.910. The minimum Gasteiger partial charge on any atom is -0.314 e. The lowest BCUT2D eigenvalue weighted by molar-refractivity contribution is 0.448. The van der Waals surface area contributed by atoms with Gasteiger partial charge in [0.05, 0.1) is 4.90 Å². The van der Waals surface area contributed by atoms with Gasteiger partial charge in [0.2, 0.25) is 10.0 Å². The molecule has 0 aliphatic carbocycles. The summed E-state index contributed by atoms with van der Waals surface area (Å²) in [6, 6.07) is 7.65. The van der Waals surface area contributed by atoms with Crippen molar-refractivity contribution in [2.24, 2.45) is 0 Å². The standard InChI is InChI=1S/C16H28N2O2S/c1-5-12-18-21(19,20)15-10-8-14(9-11-15)13(4)16(6-2)17-7-3/h8-11,13,16-18H,5-7,12H2,1-4H3. The normalized spacial score (nSPS) is 14.9. The van der Waals surface area contributed by atoms with Crippen LogP contribution < -0.4 is 10.0 Å². The highest BCUT2D eigenvalue weighted by Gasteiger charge is 2.18. The Bertz CT molecular complexity index is 512. The highest BCUT2D eigenvalue weighted by atomic mass is 32.2. The Morgan fingerprint density at radius 2 is 1.71 bits per heavy atom. The fourth-order valence-electron chi connectivity index (χ4n) is 2.44. The topological polar surface area (TPSA) is 58.2 Å². The van der Waals surface area contributed by atoms with Crippen molar-refractivity contribution in [1.82, 2.24) is 10.0 Å². The first kappa shape index (κ1) is 18.1. The predicted molar refractivity (Wildman–Crippen MR) is 88.1 cm³/mol. The van der Waals surface area contributed by atoms with Crippen molar-refractivity contribution >= 4 is 10.0 Å². The van der Waals surface area contributed by atoms with Crippen molar-refractivity contribution in [3.05, 3.63) is 29.8 Å². The summed E-state index contributed by atoms with van der Waals surface area (Å²) in [5, 5.41) is 3.47. The van der Waals surface area contributed by atoms with Gasteiger partial charge in [0, 0.05) is 12.6 Å². The number of rotatable bonds is 9. The molecule has 0 radical (unpaired) electrons. The van der Waals surface area contributed by atoms with E-state index < -0.39 is 10.0 Å². The number of nitrogens with one attached hydrogen (secondary N) is 2. The monoisotopic (exact) mass is 312 g/mol. The summed E-state index contributed by atoms with van der Waals surface area (Å²) < 4.78 is 26.7. The molecule has 0 aliphatic heterocycles. The van der Waals surface area contributed by atoms with E-state index in [9.17, 15) is 8.42 Å². The maximum absolute atomic E-state index is 12.0. The molecule has 1 rings (SSSR count). The SMILES string of the molecule is CCCNS(=O)(=O)c1ccc(C(C)C(CC)NCC)cc1. The molecule has 2 unspecified atom stereocenters. The molecule has 4 nitrogen and oxygen atoms in total.